The second-order valence-corrected chi connectivity index (χ2v) is 6.56. The largest absolute Gasteiger partial charge is 0.489 e. The molecular formula is C18H22ClN5O3. The van der Waals surface area contributed by atoms with Crippen LogP contribution in [0.25, 0.3) is 0 Å². The maximum Gasteiger partial charge on any atom is 0.325 e. The number of ether oxygens (including phenoxy) is 2. The molecule has 0 radical (unpaired) electrons. The molecular weight excluding hydrogens is 370 g/mol. The van der Waals surface area contributed by atoms with E-state index in [0.717, 1.165) is 25.2 Å². The van der Waals surface area contributed by atoms with Gasteiger partial charge in [-0.1, -0.05) is 11.6 Å². The Balaban J connectivity index is 1.62. The molecule has 1 saturated heterocycles. The highest BCUT2D eigenvalue weighted by Crippen LogP contribution is 2.28. The van der Waals surface area contributed by atoms with Crippen LogP contribution in [0, 0.1) is 6.92 Å². The third-order valence-corrected chi connectivity index (χ3v) is 4.10. The molecule has 1 aliphatic rings. The number of hydrogen-bond acceptors (Lipinski definition) is 6. The Hall–Kier alpha value is -2.42. The van der Waals surface area contributed by atoms with E-state index in [2.05, 4.69) is 25.9 Å². The minimum atomic E-state index is -0.465. The summed E-state index contributed by atoms with van der Waals surface area (Å²) in [4.78, 5) is 20.4. The molecule has 0 spiro atoms. The van der Waals surface area contributed by atoms with Crippen molar-refractivity contribution in [2.45, 2.75) is 19.4 Å². The number of amides is 2. The number of aromatic nitrogens is 2. The molecule has 1 aliphatic heterocycles. The Morgan fingerprint density at radius 2 is 2.26 bits per heavy atom. The van der Waals surface area contributed by atoms with E-state index >= 15 is 0 Å². The normalized spacial score (nSPS) is 17.0. The number of nitrogens with zero attached hydrogens (tertiary/aromatic N) is 2. The van der Waals surface area contributed by atoms with Crippen LogP contribution in [0.5, 0.6) is 5.75 Å². The lowest BCUT2D eigenvalue weighted by molar-refractivity contribution is 0.0326. The maximum absolute atomic E-state index is 12.3. The second-order valence-electron chi connectivity index (χ2n) is 6.12. The van der Waals surface area contributed by atoms with E-state index < -0.39 is 6.03 Å². The van der Waals surface area contributed by atoms with Crippen molar-refractivity contribution in [1.29, 1.82) is 0 Å². The van der Waals surface area contributed by atoms with Crippen molar-refractivity contribution in [3.05, 3.63) is 41.3 Å². The van der Waals surface area contributed by atoms with Crippen molar-refractivity contribution in [3.8, 4) is 5.75 Å². The van der Waals surface area contributed by atoms with Crippen molar-refractivity contribution in [2.75, 3.05) is 36.9 Å². The number of rotatable bonds is 5. The van der Waals surface area contributed by atoms with Crippen LogP contribution in [0.4, 0.5) is 16.3 Å². The lowest BCUT2D eigenvalue weighted by Crippen LogP contribution is -2.31. The summed E-state index contributed by atoms with van der Waals surface area (Å²) in [6.07, 6.45) is 3.99. The minimum Gasteiger partial charge on any atom is -0.489 e. The van der Waals surface area contributed by atoms with Crippen molar-refractivity contribution in [1.82, 2.24) is 15.3 Å². The van der Waals surface area contributed by atoms with E-state index in [4.69, 9.17) is 21.1 Å². The first-order valence-electron chi connectivity index (χ1n) is 8.71. The summed E-state index contributed by atoms with van der Waals surface area (Å²) < 4.78 is 11.6. The molecule has 27 heavy (non-hydrogen) atoms. The van der Waals surface area contributed by atoms with Crippen LogP contribution < -0.4 is 20.7 Å². The first-order valence-corrected chi connectivity index (χ1v) is 9.09. The highest BCUT2D eigenvalue weighted by atomic mass is 35.5. The van der Waals surface area contributed by atoms with Gasteiger partial charge in [-0.2, -0.15) is 0 Å². The zero-order valence-electron chi connectivity index (χ0n) is 15.0. The smallest absolute Gasteiger partial charge is 0.325 e. The second kappa shape index (κ2) is 9.50. The highest BCUT2D eigenvalue weighted by Gasteiger charge is 2.15. The Bertz CT molecular complexity index is 764. The van der Waals surface area contributed by atoms with Gasteiger partial charge in [-0.3, -0.25) is 10.3 Å². The van der Waals surface area contributed by atoms with Gasteiger partial charge in [-0.05, 0) is 38.1 Å². The fourth-order valence-corrected chi connectivity index (χ4v) is 2.68. The summed E-state index contributed by atoms with van der Waals surface area (Å²) in [5.41, 5.74) is 1.23. The molecule has 1 atom stereocenters. The number of aryl methyl sites for hydroxylation is 1. The van der Waals surface area contributed by atoms with E-state index in [1.54, 1.807) is 24.4 Å². The molecule has 3 N–H and O–H groups in total. The van der Waals surface area contributed by atoms with Crippen LogP contribution in [0.1, 0.15) is 12.1 Å². The van der Waals surface area contributed by atoms with Gasteiger partial charge in [0.05, 0.1) is 23.8 Å². The number of halogens is 1. The number of hydrogen-bond donors (Lipinski definition) is 3. The lowest BCUT2D eigenvalue weighted by atomic mass is 10.3. The van der Waals surface area contributed by atoms with Crippen molar-refractivity contribution < 1.29 is 14.3 Å². The maximum atomic E-state index is 12.3. The predicted octanol–water partition coefficient (Wildman–Crippen LogP) is 2.84. The molecule has 1 aromatic carbocycles. The number of benzene rings is 1. The fraction of sp³-hybridized carbons (Fsp3) is 0.389. The fourth-order valence-electron chi connectivity index (χ4n) is 2.51. The van der Waals surface area contributed by atoms with E-state index in [9.17, 15) is 4.79 Å². The molecule has 2 heterocycles. The minimum absolute atomic E-state index is 0.0484. The molecule has 1 fully saturated rings. The van der Waals surface area contributed by atoms with Crippen LogP contribution in [0.15, 0.2) is 30.6 Å². The van der Waals surface area contributed by atoms with Crippen LogP contribution in [-0.4, -0.2) is 48.4 Å². The molecule has 0 aliphatic carbocycles. The zero-order valence-corrected chi connectivity index (χ0v) is 15.8. The monoisotopic (exact) mass is 391 g/mol. The molecule has 3 rings (SSSR count). The highest BCUT2D eigenvalue weighted by molar-refractivity contribution is 6.31. The molecule has 2 amide bonds. The molecule has 1 aromatic heterocycles. The summed E-state index contributed by atoms with van der Waals surface area (Å²) in [6.45, 7) is 4.55. The van der Waals surface area contributed by atoms with Gasteiger partial charge in [0.15, 0.2) is 5.82 Å². The van der Waals surface area contributed by atoms with Gasteiger partial charge in [0.25, 0.3) is 0 Å². The number of urea groups is 1. The first kappa shape index (κ1) is 19.3. The Kier molecular flexibility index (Phi) is 6.80. The molecule has 144 valence electrons. The van der Waals surface area contributed by atoms with Gasteiger partial charge >= 0.3 is 6.03 Å². The Labute approximate surface area is 162 Å². The number of carbonyl (C=O) groups excluding carboxylic acids is 1. The van der Waals surface area contributed by atoms with Crippen molar-refractivity contribution >= 4 is 29.1 Å². The van der Waals surface area contributed by atoms with Crippen LogP contribution in [0.2, 0.25) is 5.02 Å². The van der Waals surface area contributed by atoms with Gasteiger partial charge in [-0.15, -0.1) is 0 Å². The third kappa shape index (κ3) is 6.06. The molecule has 0 saturated carbocycles. The number of carbonyl (C=O) groups is 1. The Morgan fingerprint density at radius 1 is 1.37 bits per heavy atom. The summed E-state index contributed by atoms with van der Waals surface area (Å²) in [5.74, 6) is 0.859. The molecule has 8 nitrogen and oxygen atoms in total. The van der Waals surface area contributed by atoms with Gasteiger partial charge in [0.2, 0.25) is 0 Å². The van der Waals surface area contributed by atoms with Crippen LogP contribution in [-0.2, 0) is 4.74 Å². The lowest BCUT2D eigenvalue weighted by Gasteiger charge is -2.18. The van der Waals surface area contributed by atoms with E-state index in [1.807, 2.05) is 6.92 Å². The molecule has 0 bridgehead atoms. The average molecular weight is 392 g/mol. The van der Waals surface area contributed by atoms with E-state index in [-0.39, 0.29) is 6.10 Å². The molecule has 9 heteroatoms. The predicted molar refractivity (Wildman–Crippen MR) is 104 cm³/mol. The topological polar surface area (TPSA) is 97.4 Å². The summed E-state index contributed by atoms with van der Waals surface area (Å²) in [6, 6.07) is 4.59. The average Bonchev–Trinajstić information content (AvgIpc) is 2.92. The summed E-state index contributed by atoms with van der Waals surface area (Å²) in [5, 5.41) is 9.14. The van der Waals surface area contributed by atoms with Gasteiger partial charge in [0, 0.05) is 18.2 Å². The van der Waals surface area contributed by atoms with Crippen molar-refractivity contribution in [3.63, 3.8) is 0 Å². The van der Waals surface area contributed by atoms with E-state index in [1.165, 1.54) is 6.20 Å². The van der Waals surface area contributed by atoms with Crippen LogP contribution in [0.3, 0.4) is 0 Å². The zero-order chi connectivity index (χ0) is 19.1. The molecule has 2 aromatic rings. The van der Waals surface area contributed by atoms with E-state index in [0.29, 0.717) is 35.5 Å². The standard InChI is InChI=1S/C18H22ClN5O3/c1-12-8-22-17(10-21-12)24-18(25)23-15-7-13(19)3-4-16(15)27-11-14-9-20-5-2-6-26-14/h3-4,7-8,10,14,20H,2,5-6,9,11H2,1H3,(H2,22,23,24,25). The SMILES string of the molecule is Cc1cnc(NC(=O)Nc2cc(Cl)ccc2OCC2CNCCCO2)cn1. The van der Waals surface area contributed by atoms with Gasteiger partial charge in [0.1, 0.15) is 18.5 Å². The number of anilines is 2. The first-order chi connectivity index (χ1) is 13.1. The summed E-state index contributed by atoms with van der Waals surface area (Å²) in [7, 11) is 0. The van der Waals surface area contributed by atoms with Crippen LogP contribution >= 0.6 is 11.6 Å². The number of nitrogens with one attached hydrogen (secondary N) is 3. The van der Waals surface area contributed by atoms with Gasteiger partial charge in [-0.25, -0.2) is 9.78 Å². The quantitative estimate of drug-likeness (QED) is 0.725. The van der Waals surface area contributed by atoms with Crippen molar-refractivity contribution in [2.24, 2.45) is 0 Å². The summed E-state index contributed by atoms with van der Waals surface area (Å²) >= 11 is 6.06. The molecule has 1 unspecified atom stereocenters. The third-order valence-electron chi connectivity index (χ3n) is 3.86. The Morgan fingerprint density at radius 3 is 3.07 bits per heavy atom. The van der Waals surface area contributed by atoms with Gasteiger partial charge < -0.3 is 20.1 Å².